The molecule has 0 aromatic heterocycles. The molecule has 3 aliphatic carbocycles. The highest BCUT2D eigenvalue weighted by Gasteiger charge is 2.55. The lowest BCUT2D eigenvalue weighted by Crippen LogP contribution is -2.50. The third-order valence-electron chi connectivity index (χ3n) is 7.17. The molecule has 33 heavy (non-hydrogen) atoms. The average Bonchev–Trinajstić information content (AvgIpc) is 3.75. The molecule has 2 saturated carbocycles. The van der Waals surface area contributed by atoms with Gasteiger partial charge in [0.15, 0.2) is 0 Å². The van der Waals surface area contributed by atoms with Crippen molar-refractivity contribution in [3.05, 3.63) is 59.7 Å². The van der Waals surface area contributed by atoms with Crippen molar-refractivity contribution in [1.82, 2.24) is 10.2 Å². The molecule has 0 heterocycles. The van der Waals surface area contributed by atoms with Crippen LogP contribution in [0.2, 0.25) is 0 Å². The number of ether oxygens (including phenoxy) is 1. The molecule has 2 N–H and O–H groups in total. The zero-order chi connectivity index (χ0) is 23.2. The topological polar surface area (TPSA) is 95.9 Å². The molecular weight excluding hydrogens is 420 g/mol. The van der Waals surface area contributed by atoms with E-state index in [1.165, 1.54) is 4.90 Å². The molecule has 7 heteroatoms. The largest absolute Gasteiger partial charge is 0.480 e. The lowest BCUT2D eigenvalue weighted by Gasteiger charge is -2.30. The lowest BCUT2D eigenvalue weighted by atomic mass is 9.98. The monoisotopic (exact) mass is 448 g/mol. The summed E-state index contributed by atoms with van der Waals surface area (Å²) >= 11 is 0. The first kappa shape index (κ1) is 21.5. The standard InChI is InChI=1S/C26H28N2O5/c1-16(23(29)30)28(17-10-11-17)24(31)26(12-13-26)15-27-25(32)33-14-22-20-8-4-2-6-18(20)19-7-3-5-9-21(19)22/h2-9,16-17,22H,10-15H2,1H3,(H,27,32)(H,29,30). The minimum Gasteiger partial charge on any atom is -0.480 e. The van der Waals surface area contributed by atoms with Crippen molar-refractivity contribution in [1.29, 1.82) is 0 Å². The van der Waals surface area contributed by atoms with Gasteiger partial charge in [-0.2, -0.15) is 0 Å². The highest BCUT2D eigenvalue weighted by Crippen LogP contribution is 2.49. The van der Waals surface area contributed by atoms with E-state index in [4.69, 9.17) is 4.74 Å². The van der Waals surface area contributed by atoms with Gasteiger partial charge in [0.1, 0.15) is 12.6 Å². The van der Waals surface area contributed by atoms with Crippen LogP contribution in [-0.2, 0) is 14.3 Å². The molecule has 7 nitrogen and oxygen atoms in total. The van der Waals surface area contributed by atoms with Gasteiger partial charge >= 0.3 is 12.1 Å². The predicted octanol–water partition coefficient (Wildman–Crippen LogP) is 3.77. The van der Waals surface area contributed by atoms with E-state index >= 15 is 0 Å². The molecule has 2 aromatic rings. The lowest BCUT2D eigenvalue weighted by molar-refractivity contribution is -0.152. The minimum atomic E-state index is -1.00. The molecular formula is C26H28N2O5. The Morgan fingerprint density at radius 1 is 1.06 bits per heavy atom. The van der Waals surface area contributed by atoms with E-state index in [0.29, 0.717) is 12.8 Å². The molecule has 0 saturated heterocycles. The summed E-state index contributed by atoms with van der Waals surface area (Å²) in [6.07, 6.45) is 2.40. The second-order valence-corrected chi connectivity index (χ2v) is 9.42. The van der Waals surface area contributed by atoms with Gasteiger partial charge in [-0.1, -0.05) is 48.5 Å². The van der Waals surface area contributed by atoms with Crippen molar-refractivity contribution >= 4 is 18.0 Å². The number of carbonyl (C=O) groups excluding carboxylic acids is 2. The van der Waals surface area contributed by atoms with Crippen LogP contribution in [0.15, 0.2) is 48.5 Å². The summed E-state index contributed by atoms with van der Waals surface area (Å²) < 4.78 is 5.58. The Balaban J connectivity index is 1.20. The Hall–Kier alpha value is -3.35. The predicted molar refractivity (Wildman–Crippen MR) is 122 cm³/mol. The van der Waals surface area contributed by atoms with Crippen molar-refractivity contribution in [2.45, 2.75) is 50.6 Å². The number of aliphatic carboxylic acids is 1. The SMILES string of the molecule is CC(C(=O)O)N(C(=O)C1(CNC(=O)OCC2c3ccccc3-c3ccccc32)CC1)C1CC1. The molecule has 0 spiro atoms. The van der Waals surface area contributed by atoms with Crippen LogP contribution in [0.5, 0.6) is 0 Å². The number of benzene rings is 2. The maximum absolute atomic E-state index is 13.2. The molecule has 1 unspecified atom stereocenters. The first-order valence-electron chi connectivity index (χ1n) is 11.6. The van der Waals surface area contributed by atoms with E-state index in [1.54, 1.807) is 6.92 Å². The average molecular weight is 449 g/mol. The fourth-order valence-electron chi connectivity index (χ4n) is 4.91. The quantitative estimate of drug-likeness (QED) is 0.641. The summed E-state index contributed by atoms with van der Waals surface area (Å²) in [5.74, 6) is -1.20. The second-order valence-electron chi connectivity index (χ2n) is 9.42. The fraction of sp³-hybridized carbons (Fsp3) is 0.423. The van der Waals surface area contributed by atoms with Gasteiger partial charge in [0.25, 0.3) is 0 Å². The van der Waals surface area contributed by atoms with E-state index in [2.05, 4.69) is 29.6 Å². The van der Waals surface area contributed by atoms with Crippen LogP contribution >= 0.6 is 0 Å². The van der Waals surface area contributed by atoms with Crippen LogP contribution in [-0.4, -0.2) is 53.2 Å². The summed E-state index contributed by atoms with van der Waals surface area (Å²) in [5, 5.41) is 12.2. The number of carboxylic acids is 1. The summed E-state index contributed by atoms with van der Waals surface area (Å²) in [6.45, 7) is 1.93. The fourth-order valence-corrected chi connectivity index (χ4v) is 4.91. The number of rotatable bonds is 8. The maximum atomic E-state index is 13.2. The molecule has 2 amide bonds. The van der Waals surface area contributed by atoms with Crippen molar-refractivity contribution in [2.75, 3.05) is 13.2 Å². The molecule has 1 atom stereocenters. The number of nitrogens with zero attached hydrogens (tertiary/aromatic N) is 1. The van der Waals surface area contributed by atoms with Crippen LogP contribution in [0.1, 0.15) is 49.7 Å². The van der Waals surface area contributed by atoms with Gasteiger partial charge in [0, 0.05) is 18.5 Å². The van der Waals surface area contributed by atoms with E-state index in [9.17, 15) is 19.5 Å². The van der Waals surface area contributed by atoms with E-state index in [-0.39, 0.29) is 31.0 Å². The minimum absolute atomic E-state index is 0.00414. The van der Waals surface area contributed by atoms with Gasteiger partial charge in [-0.25, -0.2) is 9.59 Å². The molecule has 5 rings (SSSR count). The van der Waals surface area contributed by atoms with Gasteiger partial charge in [0.05, 0.1) is 5.41 Å². The zero-order valence-corrected chi connectivity index (χ0v) is 18.6. The van der Waals surface area contributed by atoms with Crippen LogP contribution in [0.25, 0.3) is 11.1 Å². The Labute approximate surface area is 192 Å². The Kier molecular flexibility index (Phi) is 5.35. The van der Waals surface area contributed by atoms with E-state index in [0.717, 1.165) is 35.1 Å². The van der Waals surface area contributed by atoms with Crippen LogP contribution in [0.4, 0.5) is 4.79 Å². The van der Waals surface area contributed by atoms with Crippen molar-refractivity contribution in [3.8, 4) is 11.1 Å². The van der Waals surface area contributed by atoms with Crippen molar-refractivity contribution in [2.24, 2.45) is 5.41 Å². The zero-order valence-electron chi connectivity index (χ0n) is 18.6. The Bertz CT molecular complexity index is 1060. The molecule has 3 aliphatic rings. The Morgan fingerprint density at radius 3 is 2.15 bits per heavy atom. The first-order valence-corrected chi connectivity index (χ1v) is 11.6. The summed E-state index contributed by atoms with van der Waals surface area (Å²) in [5.41, 5.74) is 3.90. The van der Waals surface area contributed by atoms with Gasteiger partial charge < -0.3 is 20.1 Å². The normalized spacial score (nSPS) is 18.6. The third kappa shape index (κ3) is 3.96. The number of alkyl carbamates (subject to hydrolysis) is 1. The van der Waals surface area contributed by atoms with E-state index in [1.807, 2.05) is 24.3 Å². The maximum Gasteiger partial charge on any atom is 0.407 e. The Morgan fingerprint density at radius 2 is 1.64 bits per heavy atom. The number of carboxylic acid groups (broad SMARTS) is 1. The number of fused-ring (bicyclic) bond motifs is 3. The van der Waals surface area contributed by atoms with Crippen LogP contribution < -0.4 is 5.32 Å². The smallest absolute Gasteiger partial charge is 0.407 e. The number of hydrogen-bond acceptors (Lipinski definition) is 4. The molecule has 0 aliphatic heterocycles. The number of hydrogen-bond donors (Lipinski definition) is 2. The van der Waals surface area contributed by atoms with Gasteiger partial charge in [-0.05, 0) is 54.9 Å². The van der Waals surface area contributed by atoms with Crippen molar-refractivity contribution < 1.29 is 24.2 Å². The molecule has 2 aromatic carbocycles. The third-order valence-corrected chi connectivity index (χ3v) is 7.17. The molecule has 172 valence electrons. The van der Waals surface area contributed by atoms with Gasteiger partial charge in [-0.3, -0.25) is 4.79 Å². The molecule has 2 fully saturated rings. The summed E-state index contributed by atoms with van der Waals surface area (Å²) in [6, 6.07) is 15.4. The highest BCUT2D eigenvalue weighted by atomic mass is 16.5. The number of nitrogens with one attached hydrogen (secondary N) is 1. The van der Waals surface area contributed by atoms with Crippen LogP contribution in [0.3, 0.4) is 0 Å². The second kappa shape index (κ2) is 8.21. The number of carbonyl (C=O) groups is 3. The summed E-state index contributed by atoms with van der Waals surface area (Å²) in [7, 11) is 0. The van der Waals surface area contributed by atoms with Gasteiger partial charge in [0.2, 0.25) is 5.91 Å². The number of amides is 2. The van der Waals surface area contributed by atoms with Crippen LogP contribution in [0, 0.1) is 5.41 Å². The van der Waals surface area contributed by atoms with Gasteiger partial charge in [-0.15, -0.1) is 0 Å². The van der Waals surface area contributed by atoms with E-state index < -0.39 is 23.5 Å². The molecule has 0 radical (unpaired) electrons. The highest BCUT2D eigenvalue weighted by molar-refractivity contribution is 5.90. The first-order chi connectivity index (χ1) is 15.9. The van der Waals surface area contributed by atoms with Crippen molar-refractivity contribution in [3.63, 3.8) is 0 Å². The molecule has 0 bridgehead atoms. The summed E-state index contributed by atoms with van der Waals surface area (Å²) in [4.78, 5) is 38.7.